The Labute approximate surface area is 101 Å². The van der Waals surface area contributed by atoms with Crippen LogP contribution in [0.3, 0.4) is 0 Å². The predicted molar refractivity (Wildman–Crippen MR) is 63.2 cm³/mol. The zero-order chi connectivity index (χ0) is 13.1. The molecule has 0 atom stereocenters. The van der Waals surface area contributed by atoms with Crippen molar-refractivity contribution in [2.24, 2.45) is 0 Å². The molecule has 0 saturated heterocycles. The monoisotopic (exact) mass is 257 g/mol. The van der Waals surface area contributed by atoms with Gasteiger partial charge >= 0.3 is 5.97 Å². The molecule has 0 saturated carbocycles. The molecule has 0 spiro atoms. The summed E-state index contributed by atoms with van der Waals surface area (Å²) in [6, 6.07) is 5.86. The van der Waals surface area contributed by atoms with Gasteiger partial charge in [0.2, 0.25) is 10.0 Å². The molecular weight excluding hydrogens is 242 g/mol. The van der Waals surface area contributed by atoms with Crippen LogP contribution >= 0.6 is 0 Å². The number of benzene rings is 1. The van der Waals surface area contributed by atoms with E-state index in [0.29, 0.717) is 0 Å². The lowest BCUT2D eigenvalue weighted by Gasteiger charge is -2.12. The third-order valence-electron chi connectivity index (χ3n) is 1.99. The Hall–Kier alpha value is -1.40. The molecule has 0 aliphatic rings. The van der Waals surface area contributed by atoms with Crippen molar-refractivity contribution in [2.75, 3.05) is 0 Å². The van der Waals surface area contributed by atoms with E-state index >= 15 is 0 Å². The summed E-state index contributed by atoms with van der Waals surface area (Å²) in [4.78, 5) is 10.7. The smallest absolute Gasteiger partial charge is 0.307 e. The summed E-state index contributed by atoms with van der Waals surface area (Å²) in [5.74, 6) is -1.06. The lowest BCUT2D eigenvalue weighted by molar-refractivity contribution is -0.136. The summed E-state index contributed by atoms with van der Waals surface area (Å²) in [5.41, 5.74) is 0.285. The standard InChI is InChI=1S/C11H15NO4S/c1-8(2)12-17(15,16)10-6-4-3-5-9(10)7-11(13)14/h3-6,8,12H,7H2,1-2H3,(H,13,14). The van der Waals surface area contributed by atoms with Crippen LogP contribution in [0.1, 0.15) is 19.4 Å². The van der Waals surface area contributed by atoms with Gasteiger partial charge in [-0.05, 0) is 25.5 Å². The van der Waals surface area contributed by atoms with Crippen molar-refractivity contribution in [3.63, 3.8) is 0 Å². The average Bonchev–Trinajstić information content (AvgIpc) is 2.15. The zero-order valence-electron chi connectivity index (χ0n) is 9.67. The molecule has 0 aliphatic carbocycles. The van der Waals surface area contributed by atoms with E-state index in [2.05, 4.69) is 4.72 Å². The molecule has 6 heteroatoms. The van der Waals surface area contributed by atoms with Gasteiger partial charge < -0.3 is 5.11 Å². The Balaban J connectivity index is 3.17. The van der Waals surface area contributed by atoms with Crippen LogP contribution in [-0.2, 0) is 21.2 Å². The minimum Gasteiger partial charge on any atom is -0.481 e. The Bertz CT molecular complexity index is 508. The number of hydrogen-bond donors (Lipinski definition) is 2. The van der Waals surface area contributed by atoms with E-state index in [1.54, 1.807) is 26.0 Å². The van der Waals surface area contributed by atoms with Crippen LogP contribution < -0.4 is 4.72 Å². The first-order valence-electron chi connectivity index (χ1n) is 5.15. The van der Waals surface area contributed by atoms with Gasteiger partial charge in [0.15, 0.2) is 0 Å². The van der Waals surface area contributed by atoms with Crippen LogP contribution in [0.25, 0.3) is 0 Å². The van der Waals surface area contributed by atoms with Gasteiger partial charge in [0, 0.05) is 6.04 Å². The molecule has 1 aromatic carbocycles. The van der Waals surface area contributed by atoms with Crippen LogP contribution in [0, 0.1) is 0 Å². The number of rotatable bonds is 5. The molecular formula is C11H15NO4S. The summed E-state index contributed by atoms with van der Waals surface area (Å²) in [6.45, 7) is 3.41. The summed E-state index contributed by atoms with van der Waals surface area (Å²) >= 11 is 0. The highest BCUT2D eigenvalue weighted by molar-refractivity contribution is 7.89. The van der Waals surface area contributed by atoms with E-state index in [1.165, 1.54) is 12.1 Å². The fourth-order valence-electron chi connectivity index (χ4n) is 1.45. The Morgan fingerprint density at radius 2 is 1.94 bits per heavy atom. The van der Waals surface area contributed by atoms with Crippen LogP contribution in [0.5, 0.6) is 0 Å². The van der Waals surface area contributed by atoms with E-state index in [9.17, 15) is 13.2 Å². The second-order valence-corrected chi connectivity index (χ2v) is 5.64. The van der Waals surface area contributed by atoms with Crippen LogP contribution in [0.2, 0.25) is 0 Å². The molecule has 0 aromatic heterocycles. The van der Waals surface area contributed by atoms with Gasteiger partial charge in [0.25, 0.3) is 0 Å². The molecule has 0 fully saturated rings. The quantitative estimate of drug-likeness (QED) is 0.824. The van der Waals surface area contributed by atoms with Gasteiger partial charge in [-0.3, -0.25) is 4.79 Å². The van der Waals surface area contributed by atoms with Crippen LogP contribution in [0.4, 0.5) is 0 Å². The zero-order valence-corrected chi connectivity index (χ0v) is 10.5. The van der Waals surface area contributed by atoms with Crippen LogP contribution in [0.15, 0.2) is 29.2 Å². The first-order valence-corrected chi connectivity index (χ1v) is 6.63. The molecule has 1 aromatic rings. The molecule has 94 valence electrons. The molecule has 2 N–H and O–H groups in total. The topological polar surface area (TPSA) is 83.5 Å². The van der Waals surface area contributed by atoms with E-state index in [1.807, 2.05) is 0 Å². The lowest BCUT2D eigenvalue weighted by Crippen LogP contribution is -2.31. The second-order valence-electron chi connectivity index (χ2n) is 3.95. The maximum absolute atomic E-state index is 11.9. The molecule has 17 heavy (non-hydrogen) atoms. The van der Waals surface area contributed by atoms with Crippen molar-refractivity contribution in [1.82, 2.24) is 4.72 Å². The predicted octanol–water partition coefficient (Wildman–Crippen LogP) is 1.00. The lowest BCUT2D eigenvalue weighted by atomic mass is 10.1. The highest BCUT2D eigenvalue weighted by atomic mass is 32.2. The number of sulfonamides is 1. The Kier molecular flexibility index (Phi) is 4.25. The molecule has 0 unspecified atom stereocenters. The molecule has 5 nitrogen and oxygen atoms in total. The maximum Gasteiger partial charge on any atom is 0.307 e. The number of nitrogens with one attached hydrogen (secondary N) is 1. The fourth-order valence-corrected chi connectivity index (χ4v) is 2.94. The summed E-state index contributed by atoms with van der Waals surface area (Å²) in [7, 11) is -3.65. The number of carbonyl (C=O) groups is 1. The van der Waals surface area contributed by atoms with Gasteiger partial charge in [-0.1, -0.05) is 18.2 Å². The summed E-state index contributed by atoms with van der Waals surface area (Å²) < 4.78 is 26.3. The summed E-state index contributed by atoms with van der Waals surface area (Å²) in [5, 5.41) is 8.72. The molecule has 0 bridgehead atoms. The van der Waals surface area contributed by atoms with E-state index in [4.69, 9.17) is 5.11 Å². The third-order valence-corrected chi connectivity index (χ3v) is 3.75. The summed E-state index contributed by atoms with van der Waals surface area (Å²) in [6.07, 6.45) is -0.310. The van der Waals surface area contributed by atoms with Crippen molar-refractivity contribution in [3.05, 3.63) is 29.8 Å². The van der Waals surface area contributed by atoms with Gasteiger partial charge in [0.1, 0.15) is 0 Å². The number of hydrogen-bond acceptors (Lipinski definition) is 3. The first-order chi connectivity index (χ1) is 7.83. The van der Waals surface area contributed by atoms with Crippen molar-refractivity contribution in [3.8, 4) is 0 Å². The first kappa shape index (κ1) is 13.7. The van der Waals surface area contributed by atoms with Gasteiger partial charge in [0.05, 0.1) is 11.3 Å². The van der Waals surface area contributed by atoms with E-state index < -0.39 is 16.0 Å². The van der Waals surface area contributed by atoms with Gasteiger partial charge in [-0.15, -0.1) is 0 Å². The molecule has 0 amide bonds. The Morgan fingerprint density at radius 1 is 1.35 bits per heavy atom. The van der Waals surface area contributed by atoms with Crippen molar-refractivity contribution >= 4 is 16.0 Å². The number of carboxylic acids is 1. The maximum atomic E-state index is 11.9. The highest BCUT2D eigenvalue weighted by Crippen LogP contribution is 2.16. The third kappa shape index (κ3) is 3.83. The van der Waals surface area contributed by atoms with E-state index in [0.717, 1.165) is 0 Å². The fraction of sp³-hybridized carbons (Fsp3) is 0.364. The normalized spacial score (nSPS) is 11.7. The minimum absolute atomic E-state index is 0.0242. The van der Waals surface area contributed by atoms with E-state index in [-0.39, 0.29) is 22.9 Å². The van der Waals surface area contributed by atoms with Crippen molar-refractivity contribution in [2.45, 2.75) is 31.2 Å². The molecule has 0 heterocycles. The van der Waals surface area contributed by atoms with Crippen LogP contribution in [-0.4, -0.2) is 25.5 Å². The molecule has 0 radical (unpaired) electrons. The molecule has 0 aliphatic heterocycles. The SMILES string of the molecule is CC(C)NS(=O)(=O)c1ccccc1CC(=O)O. The average molecular weight is 257 g/mol. The van der Waals surface area contributed by atoms with Gasteiger partial charge in [-0.25, -0.2) is 13.1 Å². The van der Waals surface area contributed by atoms with Crippen molar-refractivity contribution < 1.29 is 18.3 Å². The minimum atomic E-state index is -3.65. The highest BCUT2D eigenvalue weighted by Gasteiger charge is 2.19. The second kappa shape index (κ2) is 5.29. The number of aliphatic carboxylic acids is 1. The van der Waals surface area contributed by atoms with Crippen molar-refractivity contribution in [1.29, 1.82) is 0 Å². The molecule has 1 rings (SSSR count). The largest absolute Gasteiger partial charge is 0.481 e. The van der Waals surface area contributed by atoms with Gasteiger partial charge in [-0.2, -0.15) is 0 Å². The number of carboxylic acid groups (broad SMARTS) is 1. The Morgan fingerprint density at radius 3 is 2.47 bits per heavy atom.